The minimum absolute atomic E-state index is 0.120. The van der Waals surface area contributed by atoms with Gasteiger partial charge < -0.3 is 5.32 Å². The molecule has 0 spiro atoms. The van der Waals surface area contributed by atoms with Crippen LogP contribution in [-0.4, -0.2) is 26.1 Å². The number of tetrazole rings is 1. The van der Waals surface area contributed by atoms with E-state index in [0.717, 1.165) is 35.5 Å². The van der Waals surface area contributed by atoms with Gasteiger partial charge in [0.05, 0.1) is 6.04 Å². The average Bonchev–Trinajstić information content (AvgIpc) is 3.16. The number of benzene rings is 1. The first kappa shape index (κ1) is 13.5. The Kier molecular flexibility index (Phi) is 3.51. The van der Waals surface area contributed by atoms with Crippen LogP contribution >= 0.6 is 0 Å². The maximum absolute atomic E-state index is 11.7. The maximum atomic E-state index is 11.7. The van der Waals surface area contributed by atoms with Gasteiger partial charge in [0.2, 0.25) is 5.91 Å². The molecule has 1 amide bonds. The van der Waals surface area contributed by atoms with Gasteiger partial charge in [-0.1, -0.05) is 5.57 Å². The predicted octanol–water partition coefficient (Wildman–Crippen LogP) is 2.58. The topological polar surface area (TPSA) is 72.7 Å². The zero-order chi connectivity index (χ0) is 14.8. The van der Waals surface area contributed by atoms with E-state index in [1.165, 1.54) is 0 Å². The number of carbonyl (C=O) groups is 1. The molecule has 1 N–H and O–H groups in total. The van der Waals surface area contributed by atoms with Crippen molar-refractivity contribution in [2.24, 2.45) is 0 Å². The largest absolute Gasteiger partial charge is 0.323 e. The smallest absolute Gasteiger partial charge is 0.248 e. The van der Waals surface area contributed by atoms with Crippen molar-refractivity contribution in [3.05, 3.63) is 35.9 Å². The molecule has 1 aliphatic carbocycles. The summed E-state index contributed by atoms with van der Waals surface area (Å²) in [6, 6.07) is 7.99. The van der Waals surface area contributed by atoms with E-state index in [2.05, 4.69) is 20.8 Å². The quantitative estimate of drug-likeness (QED) is 0.875. The second kappa shape index (κ2) is 5.47. The molecule has 1 saturated carbocycles. The van der Waals surface area contributed by atoms with Crippen molar-refractivity contribution in [2.45, 2.75) is 32.7 Å². The summed E-state index contributed by atoms with van der Waals surface area (Å²) in [5.74, 6) is 0.658. The summed E-state index contributed by atoms with van der Waals surface area (Å²) in [5.41, 5.74) is 2.67. The number of anilines is 1. The molecule has 21 heavy (non-hydrogen) atoms. The van der Waals surface area contributed by atoms with Crippen molar-refractivity contribution in [1.29, 1.82) is 0 Å². The zero-order valence-electron chi connectivity index (χ0n) is 12.1. The number of carbonyl (C=O) groups excluding carboxylic acids is 1. The molecule has 0 unspecified atom stereocenters. The van der Waals surface area contributed by atoms with Crippen LogP contribution in [-0.2, 0) is 4.79 Å². The lowest BCUT2D eigenvalue weighted by Gasteiger charge is -2.05. The summed E-state index contributed by atoms with van der Waals surface area (Å²) in [5, 5.41) is 14.7. The predicted molar refractivity (Wildman–Crippen MR) is 79.6 cm³/mol. The number of aromatic nitrogens is 4. The molecule has 0 radical (unpaired) electrons. The molecule has 1 aromatic heterocycles. The molecule has 0 atom stereocenters. The molecule has 0 aliphatic heterocycles. The number of nitrogens with zero attached hydrogens (tertiary/aromatic N) is 4. The van der Waals surface area contributed by atoms with Crippen LogP contribution in [0.25, 0.3) is 11.4 Å². The SMILES string of the molecule is CC(C)=CC(=O)Nc1ccc(-c2nnnn2C2CC2)cc1. The van der Waals surface area contributed by atoms with Crippen molar-refractivity contribution < 1.29 is 4.79 Å². The van der Waals surface area contributed by atoms with Crippen LogP contribution in [0, 0.1) is 0 Å². The number of nitrogens with one attached hydrogen (secondary N) is 1. The lowest BCUT2D eigenvalue weighted by molar-refractivity contribution is -0.111. The Morgan fingerprint density at radius 3 is 2.62 bits per heavy atom. The molecule has 6 nitrogen and oxygen atoms in total. The number of rotatable bonds is 4. The molecule has 6 heteroatoms. The van der Waals surface area contributed by atoms with Crippen molar-refractivity contribution >= 4 is 11.6 Å². The Bertz CT molecular complexity index is 678. The molecule has 108 valence electrons. The number of hydrogen-bond donors (Lipinski definition) is 1. The van der Waals surface area contributed by atoms with Crippen LogP contribution in [0.5, 0.6) is 0 Å². The van der Waals surface area contributed by atoms with Crippen LogP contribution in [0.15, 0.2) is 35.9 Å². The van der Waals surface area contributed by atoms with Gasteiger partial charge in [-0.25, -0.2) is 4.68 Å². The zero-order valence-corrected chi connectivity index (χ0v) is 12.1. The monoisotopic (exact) mass is 283 g/mol. The van der Waals surface area contributed by atoms with Gasteiger partial charge in [0, 0.05) is 17.3 Å². The molecule has 1 aliphatic rings. The van der Waals surface area contributed by atoms with E-state index in [1.807, 2.05) is 42.8 Å². The first-order valence-electron chi connectivity index (χ1n) is 6.97. The lowest BCUT2D eigenvalue weighted by atomic mass is 10.2. The van der Waals surface area contributed by atoms with Crippen LogP contribution < -0.4 is 5.32 Å². The van der Waals surface area contributed by atoms with Gasteiger partial charge in [0.1, 0.15) is 0 Å². The van der Waals surface area contributed by atoms with Gasteiger partial charge >= 0.3 is 0 Å². The van der Waals surface area contributed by atoms with Crippen LogP contribution in [0.2, 0.25) is 0 Å². The molecule has 3 rings (SSSR count). The van der Waals surface area contributed by atoms with Gasteiger partial charge in [-0.3, -0.25) is 4.79 Å². The van der Waals surface area contributed by atoms with Crippen molar-refractivity contribution in [1.82, 2.24) is 20.2 Å². The van der Waals surface area contributed by atoms with E-state index >= 15 is 0 Å². The third-order valence-electron chi connectivity index (χ3n) is 3.22. The summed E-state index contributed by atoms with van der Waals surface area (Å²) in [4.78, 5) is 11.7. The molecule has 2 aromatic rings. The Morgan fingerprint density at radius 1 is 1.29 bits per heavy atom. The highest BCUT2D eigenvalue weighted by atomic mass is 16.1. The van der Waals surface area contributed by atoms with Gasteiger partial charge in [0.15, 0.2) is 5.82 Å². The van der Waals surface area contributed by atoms with E-state index in [1.54, 1.807) is 6.08 Å². The Hall–Kier alpha value is -2.50. The van der Waals surface area contributed by atoms with E-state index in [4.69, 9.17) is 0 Å². The highest BCUT2D eigenvalue weighted by molar-refractivity contribution is 5.99. The minimum atomic E-state index is -0.120. The Balaban J connectivity index is 1.76. The molecule has 1 heterocycles. The first-order chi connectivity index (χ1) is 10.1. The molecule has 1 fully saturated rings. The highest BCUT2D eigenvalue weighted by Crippen LogP contribution is 2.36. The summed E-state index contributed by atoms with van der Waals surface area (Å²) in [6.45, 7) is 3.78. The van der Waals surface area contributed by atoms with Crippen LogP contribution in [0.4, 0.5) is 5.69 Å². The third kappa shape index (κ3) is 3.16. The second-order valence-electron chi connectivity index (χ2n) is 5.47. The molecule has 0 bridgehead atoms. The van der Waals surface area contributed by atoms with Crippen LogP contribution in [0.1, 0.15) is 32.7 Å². The fourth-order valence-corrected chi connectivity index (χ4v) is 2.09. The normalized spacial score (nSPS) is 13.8. The fourth-order valence-electron chi connectivity index (χ4n) is 2.09. The van der Waals surface area contributed by atoms with Gasteiger partial charge in [0.25, 0.3) is 0 Å². The second-order valence-corrected chi connectivity index (χ2v) is 5.47. The Morgan fingerprint density at radius 2 is 2.00 bits per heavy atom. The first-order valence-corrected chi connectivity index (χ1v) is 6.97. The summed E-state index contributed by atoms with van der Waals surface area (Å²) in [7, 11) is 0. The molecule has 1 aromatic carbocycles. The van der Waals surface area contributed by atoms with Gasteiger partial charge in [-0.2, -0.15) is 0 Å². The van der Waals surface area contributed by atoms with E-state index in [0.29, 0.717) is 6.04 Å². The molecule has 0 saturated heterocycles. The maximum Gasteiger partial charge on any atom is 0.248 e. The average molecular weight is 283 g/mol. The van der Waals surface area contributed by atoms with Crippen molar-refractivity contribution in [2.75, 3.05) is 5.32 Å². The third-order valence-corrected chi connectivity index (χ3v) is 3.22. The molecular weight excluding hydrogens is 266 g/mol. The fraction of sp³-hybridized carbons (Fsp3) is 0.333. The van der Waals surface area contributed by atoms with Crippen molar-refractivity contribution in [3.63, 3.8) is 0 Å². The highest BCUT2D eigenvalue weighted by Gasteiger charge is 2.28. The summed E-state index contributed by atoms with van der Waals surface area (Å²) < 4.78 is 1.87. The van der Waals surface area contributed by atoms with Crippen molar-refractivity contribution in [3.8, 4) is 11.4 Å². The Labute approximate surface area is 122 Å². The standard InChI is InChI=1S/C15H17N5O/c1-10(2)9-14(21)16-12-5-3-11(4-6-12)15-17-18-19-20(15)13-7-8-13/h3-6,9,13H,7-8H2,1-2H3,(H,16,21). The number of amides is 1. The summed E-state index contributed by atoms with van der Waals surface area (Å²) >= 11 is 0. The van der Waals surface area contributed by atoms with E-state index < -0.39 is 0 Å². The minimum Gasteiger partial charge on any atom is -0.323 e. The van der Waals surface area contributed by atoms with Crippen LogP contribution in [0.3, 0.4) is 0 Å². The van der Waals surface area contributed by atoms with Gasteiger partial charge in [-0.15, -0.1) is 5.10 Å². The van der Waals surface area contributed by atoms with Gasteiger partial charge in [-0.05, 0) is 61.4 Å². The number of allylic oxidation sites excluding steroid dienone is 1. The molecular formula is C15H17N5O. The number of hydrogen-bond acceptors (Lipinski definition) is 4. The van der Waals surface area contributed by atoms with E-state index in [9.17, 15) is 4.79 Å². The van der Waals surface area contributed by atoms with E-state index in [-0.39, 0.29) is 5.91 Å². The lowest BCUT2D eigenvalue weighted by Crippen LogP contribution is -2.08. The summed E-state index contributed by atoms with van der Waals surface area (Å²) in [6.07, 6.45) is 3.84.